The number of carbonyl (C=O) groups is 3. The second-order valence-corrected chi connectivity index (χ2v) is 7.11. The van der Waals surface area contributed by atoms with Crippen LogP contribution >= 0.6 is 0 Å². The van der Waals surface area contributed by atoms with Gasteiger partial charge in [0, 0.05) is 12.2 Å². The van der Waals surface area contributed by atoms with E-state index in [1.54, 1.807) is 24.3 Å². The normalized spacial score (nSPS) is 15.7. The highest BCUT2D eigenvalue weighted by atomic mass is 16.5. The number of hydrogen-bond acceptors (Lipinski definition) is 6. The van der Waals surface area contributed by atoms with Crippen molar-refractivity contribution >= 4 is 23.5 Å². The molecule has 0 aliphatic carbocycles. The molecule has 1 amide bonds. The highest BCUT2D eigenvalue weighted by molar-refractivity contribution is 5.94. The van der Waals surface area contributed by atoms with Crippen molar-refractivity contribution in [3.8, 4) is 0 Å². The van der Waals surface area contributed by atoms with Gasteiger partial charge in [0.2, 0.25) is 5.91 Å². The molecule has 1 aliphatic rings. The molecule has 0 unspecified atom stereocenters. The maximum Gasteiger partial charge on any atom is 0.338 e. The number of methoxy groups -OCH3 is 1. The summed E-state index contributed by atoms with van der Waals surface area (Å²) in [6.45, 7) is 2.93. The zero-order valence-electron chi connectivity index (χ0n) is 17.2. The summed E-state index contributed by atoms with van der Waals surface area (Å²) in [4.78, 5) is 38.7. The van der Waals surface area contributed by atoms with Crippen molar-refractivity contribution < 1.29 is 23.9 Å². The van der Waals surface area contributed by atoms with Crippen LogP contribution in [0.5, 0.6) is 0 Å². The van der Waals surface area contributed by atoms with Gasteiger partial charge in [0.15, 0.2) is 0 Å². The van der Waals surface area contributed by atoms with Gasteiger partial charge in [0.05, 0.1) is 25.8 Å². The van der Waals surface area contributed by atoms with E-state index in [9.17, 15) is 14.4 Å². The Morgan fingerprint density at radius 1 is 1.10 bits per heavy atom. The number of hydrogen-bond donors (Lipinski definition) is 1. The quantitative estimate of drug-likeness (QED) is 0.707. The lowest BCUT2D eigenvalue weighted by Gasteiger charge is -2.34. The first kappa shape index (κ1) is 21.5. The van der Waals surface area contributed by atoms with E-state index in [-0.39, 0.29) is 24.4 Å². The van der Waals surface area contributed by atoms with Gasteiger partial charge in [-0.3, -0.25) is 9.69 Å². The fourth-order valence-corrected chi connectivity index (χ4v) is 3.53. The first-order chi connectivity index (χ1) is 14.5. The van der Waals surface area contributed by atoms with E-state index in [1.807, 2.05) is 36.1 Å². The molecule has 0 aromatic heterocycles. The van der Waals surface area contributed by atoms with Crippen molar-refractivity contribution in [2.75, 3.05) is 32.1 Å². The largest absolute Gasteiger partial charge is 0.468 e. The standard InChI is InChI=1S/C23H26N2O5/c1-3-14-30-22(27)17-8-10-18(11-9-17)24-20(26)15-25-13-12-16-6-4-5-7-19(16)21(25)23(28)29-2/h4-11,21H,3,12-15H2,1-2H3,(H,24,26)/t21-/m1/s1. The summed E-state index contributed by atoms with van der Waals surface area (Å²) in [5.41, 5.74) is 2.97. The van der Waals surface area contributed by atoms with Crippen molar-refractivity contribution in [3.05, 3.63) is 65.2 Å². The molecule has 0 fully saturated rings. The Balaban J connectivity index is 1.65. The SMILES string of the molecule is CCCOC(=O)c1ccc(NC(=O)CN2CCc3ccccc3[C@@H]2C(=O)OC)cc1. The number of amides is 1. The maximum absolute atomic E-state index is 12.6. The minimum atomic E-state index is -0.610. The molecule has 2 aromatic carbocycles. The average Bonchev–Trinajstić information content (AvgIpc) is 2.77. The number of esters is 2. The number of nitrogens with zero attached hydrogens (tertiary/aromatic N) is 1. The molecule has 7 heteroatoms. The third-order valence-corrected chi connectivity index (χ3v) is 5.00. The number of benzene rings is 2. The predicted octanol–water partition coefficient (Wildman–Crippen LogP) is 2.96. The van der Waals surface area contributed by atoms with E-state index in [2.05, 4.69) is 5.32 Å². The first-order valence-corrected chi connectivity index (χ1v) is 10.00. The summed E-state index contributed by atoms with van der Waals surface area (Å²) in [7, 11) is 1.35. The van der Waals surface area contributed by atoms with Gasteiger partial charge >= 0.3 is 11.9 Å². The van der Waals surface area contributed by atoms with Crippen LogP contribution in [0, 0.1) is 0 Å². The van der Waals surface area contributed by atoms with Crippen molar-refractivity contribution in [3.63, 3.8) is 0 Å². The van der Waals surface area contributed by atoms with Crippen molar-refractivity contribution in [2.24, 2.45) is 0 Å². The fourth-order valence-electron chi connectivity index (χ4n) is 3.53. The maximum atomic E-state index is 12.6. The van der Waals surface area contributed by atoms with Crippen molar-refractivity contribution in [2.45, 2.75) is 25.8 Å². The molecule has 1 N–H and O–H groups in total. The predicted molar refractivity (Wildman–Crippen MR) is 112 cm³/mol. The van der Waals surface area contributed by atoms with Gasteiger partial charge in [-0.2, -0.15) is 0 Å². The Labute approximate surface area is 176 Å². The van der Waals surface area contributed by atoms with Crippen LogP contribution in [0.4, 0.5) is 5.69 Å². The molecule has 158 valence electrons. The Morgan fingerprint density at radius 3 is 2.53 bits per heavy atom. The van der Waals surface area contributed by atoms with Crippen LogP contribution in [0.2, 0.25) is 0 Å². The van der Waals surface area contributed by atoms with Crippen LogP contribution in [0.25, 0.3) is 0 Å². The summed E-state index contributed by atoms with van der Waals surface area (Å²) in [5.74, 6) is -1.02. The highest BCUT2D eigenvalue weighted by Gasteiger charge is 2.34. The second kappa shape index (κ2) is 10.0. The van der Waals surface area contributed by atoms with Crippen LogP contribution in [0.15, 0.2) is 48.5 Å². The molecule has 1 atom stereocenters. The first-order valence-electron chi connectivity index (χ1n) is 10.00. The number of rotatable bonds is 7. The minimum absolute atomic E-state index is 0.0500. The molecule has 30 heavy (non-hydrogen) atoms. The summed E-state index contributed by atoms with van der Waals surface area (Å²) in [6, 6.07) is 13.6. The fraction of sp³-hybridized carbons (Fsp3) is 0.348. The summed E-state index contributed by atoms with van der Waals surface area (Å²) in [6.07, 6.45) is 1.51. The van der Waals surface area contributed by atoms with Crippen molar-refractivity contribution in [1.29, 1.82) is 0 Å². The van der Waals surface area contributed by atoms with E-state index in [1.165, 1.54) is 7.11 Å². The molecular formula is C23H26N2O5. The number of carbonyl (C=O) groups excluding carboxylic acids is 3. The lowest BCUT2D eigenvalue weighted by Crippen LogP contribution is -2.44. The lowest BCUT2D eigenvalue weighted by atomic mass is 9.92. The average molecular weight is 410 g/mol. The summed E-state index contributed by atoms with van der Waals surface area (Å²) >= 11 is 0. The number of anilines is 1. The smallest absolute Gasteiger partial charge is 0.338 e. The molecule has 0 radical (unpaired) electrons. The Kier molecular flexibility index (Phi) is 7.19. The van der Waals surface area contributed by atoms with Gasteiger partial charge in [0.1, 0.15) is 6.04 Å². The molecule has 3 rings (SSSR count). The molecule has 0 bridgehead atoms. The summed E-state index contributed by atoms with van der Waals surface area (Å²) < 4.78 is 10.1. The third kappa shape index (κ3) is 5.04. The van der Waals surface area contributed by atoms with Gasteiger partial charge in [-0.1, -0.05) is 31.2 Å². The Hall–Kier alpha value is -3.19. The molecule has 0 saturated carbocycles. The van der Waals surface area contributed by atoms with Gasteiger partial charge < -0.3 is 14.8 Å². The third-order valence-electron chi connectivity index (χ3n) is 5.00. The topological polar surface area (TPSA) is 84.9 Å². The molecule has 0 spiro atoms. The van der Waals surface area contributed by atoms with Gasteiger partial charge in [0.25, 0.3) is 0 Å². The molecule has 0 saturated heterocycles. The molecule has 1 aliphatic heterocycles. The van der Waals surface area contributed by atoms with Crippen LogP contribution in [-0.4, -0.2) is 49.6 Å². The molecular weight excluding hydrogens is 384 g/mol. The van der Waals surface area contributed by atoms with Crippen LogP contribution < -0.4 is 5.32 Å². The molecule has 7 nitrogen and oxygen atoms in total. The zero-order chi connectivity index (χ0) is 21.5. The summed E-state index contributed by atoms with van der Waals surface area (Å²) in [5, 5.41) is 2.82. The Bertz CT molecular complexity index is 910. The van der Waals surface area contributed by atoms with Gasteiger partial charge in [-0.25, -0.2) is 9.59 Å². The highest BCUT2D eigenvalue weighted by Crippen LogP contribution is 2.30. The van der Waals surface area contributed by atoms with Crippen LogP contribution in [0.1, 0.15) is 40.9 Å². The van der Waals surface area contributed by atoms with Gasteiger partial charge in [-0.15, -0.1) is 0 Å². The van der Waals surface area contributed by atoms with E-state index >= 15 is 0 Å². The van der Waals surface area contributed by atoms with E-state index in [0.717, 1.165) is 24.0 Å². The van der Waals surface area contributed by atoms with Crippen LogP contribution in [0.3, 0.4) is 0 Å². The van der Waals surface area contributed by atoms with E-state index in [0.29, 0.717) is 24.4 Å². The van der Waals surface area contributed by atoms with Crippen molar-refractivity contribution in [1.82, 2.24) is 4.90 Å². The van der Waals surface area contributed by atoms with Crippen LogP contribution in [-0.2, 0) is 25.5 Å². The monoisotopic (exact) mass is 410 g/mol. The zero-order valence-corrected chi connectivity index (χ0v) is 17.2. The number of nitrogens with one attached hydrogen (secondary N) is 1. The number of ether oxygens (including phenoxy) is 2. The Morgan fingerprint density at radius 2 is 1.83 bits per heavy atom. The minimum Gasteiger partial charge on any atom is -0.468 e. The van der Waals surface area contributed by atoms with E-state index in [4.69, 9.17) is 9.47 Å². The molecule has 1 heterocycles. The van der Waals surface area contributed by atoms with E-state index < -0.39 is 6.04 Å². The molecule has 2 aromatic rings. The lowest BCUT2D eigenvalue weighted by molar-refractivity contribution is -0.148. The van der Waals surface area contributed by atoms with Gasteiger partial charge in [-0.05, 0) is 48.2 Å². The second-order valence-electron chi connectivity index (χ2n) is 7.11. The number of fused-ring (bicyclic) bond motifs is 1.